The van der Waals surface area contributed by atoms with E-state index >= 15 is 0 Å². The van der Waals surface area contributed by atoms with Gasteiger partial charge in [0.05, 0.1) is 23.4 Å². The molecule has 3 rings (SSSR count). The molecule has 18 heavy (non-hydrogen) atoms. The van der Waals surface area contributed by atoms with Crippen LogP contribution in [0.4, 0.5) is 5.69 Å². The Morgan fingerprint density at radius 3 is 2.94 bits per heavy atom. The molecule has 1 N–H and O–H groups in total. The van der Waals surface area contributed by atoms with Crippen LogP contribution >= 0.6 is 0 Å². The van der Waals surface area contributed by atoms with Crippen molar-refractivity contribution >= 4 is 11.5 Å². The number of piperidine rings is 1. The highest BCUT2D eigenvalue weighted by atomic mass is 16.6. The molecule has 1 aliphatic heterocycles. The molecule has 96 valence electrons. The molecule has 0 radical (unpaired) electrons. The number of H-pyrrole nitrogens is 1. The smallest absolute Gasteiger partial charge is 0.287 e. The van der Waals surface area contributed by atoms with Gasteiger partial charge in [0, 0.05) is 18.7 Å². The number of fused-ring (bicyclic) bond motifs is 2. The number of ketones is 1. The molecule has 2 heterocycles. The van der Waals surface area contributed by atoms with Gasteiger partial charge in [-0.3, -0.25) is 19.8 Å². The third kappa shape index (κ3) is 1.92. The SMILES string of the molecule is O=C(CN1CC2CCC1C2)c1cc([N+](=O)[O-])c[nH]1. The van der Waals surface area contributed by atoms with E-state index in [0.717, 1.165) is 12.5 Å². The van der Waals surface area contributed by atoms with Crippen LogP contribution < -0.4 is 0 Å². The third-order valence-corrected chi connectivity index (χ3v) is 4.05. The quantitative estimate of drug-likeness (QED) is 0.499. The summed E-state index contributed by atoms with van der Waals surface area (Å²) in [5.41, 5.74) is 0.283. The van der Waals surface area contributed by atoms with E-state index in [-0.39, 0.29) is 11.5 Å². The van der Waals surface area contributed by atoms with Crippen molar-refractivity contribution < 1.29 is 9.72 Å². The number of hydrogen-bond acceptors (Lipinski definition) is 4. The van der Waals surface area contributed by atoms with Crippen LogP contribution in [0, 0.1) is 16.0 Å². The fraction of sp³-hybridized carbons (Fsp3) is 0.583. The van der Waals surface area contributed by atoms with Crippen molar-refractivity contribution in [1.29, 1.82) is 0 Å². The van der Waals surface area contributed by atoms with Crippen LogP contribution in [0.3, 0.4) is 0 Å². The molecule has 6 nitrogen and oxygen atoms in total. The van der Waals surface area contributed by atoms with Crippen LogP contribution in [0.1, 0.15) is 29.8 Å². The van der Waals surface area contributed by atoms with Crippen molar-refractivity contribution in [2.75, 3.05) is 13.1 Å². The maximum absolute atomic E-state index is 12.0. The third-order valence-electron chi connectivity index (χ3n) is 4.05. The number of aromatic amines is 1. The summed E-state index contributed by atoms with van der Waals surface area (Å²) >= 11 is 0. The molecular formula is C12H15N3O3. The second-order valence-electron chi connectivity index (χ2n) is 5.21. The summed E-state index contributed by atoms with van der Waals surface area (Å²) in [4.78, 5) is 27.0. The summed E-state index contributed by atoms with van der Waals surface area (Å²) in [7, 11) is 0. The Hall–Kier alpha value is -1.69. The number of Topliss-reactive ketones (excluding diaryl/α,β-unsaturated/α-hetero) is 1. The number of aromatic nitrogens is 1. The monoisotopic (exact) mass is 249 g/mol. The van der Waals surface area contributed by atoms with E-state index in [1.807, 2.05) is 0 Å². The molecule has 6 heteroatoms. The minimum Gasteiger partial charge on any atom is -0.353 e. The van der Waals surface area contributed by atoms with Gasteiger partial charge in [0.25, 0.3) is 5.69 Å². The van der Waals surface area contributed by atoms with Crippen LogP contribution in [0.2, 0.25) is 0 Å². The predicted molar refractivity (Wildman–Crippen MR) is 64.5 cm³/mol. The maximum Gasteiger partial charge on any atom is 0.287 e. The molecule has 2 fully saturated rings. The van der Waals surface area contributed by atoms with E-state index in [2.05, 4.69) is 9.88 Å². The lowest BCUT2D eigenvalue weighted by molar-refractivity contribution is -0.384. The first kappa shape index (κ1) is 11.4. The van der Waals surface area contributed by atoms with Gasteiger partial charge in [0.1, 0.15) is 0 Å². The molecule has 2 atom stereocenters. The van der Waals surface area contributed by atoms with Gasteiger partial charge in [0.2, 0.25) is 0 Å². The fourth-order valence-corrected chi connectivity index (χ4v) is 3.14. The first-order valence-electron chi connectivity index (χ1n) is 6.23. The molecule has 0 spiro atoms. The molecule has 1 aromatic heterocycles. The van der Waals surface area contributed by atoms with Gasteiger partial charge in [-0.05, 0) is 25.2 Å². The maximum atomic E-state index is 12.0. The highest BCUT2D eigenvalue weighted by Crippen LogP contribution is 2.37. The molecule has 1 aromatic rings. The van der Waals surface area contributed by atoms with Crippen LogP contribution in [0.25, 0.3) is 0 Å². The van der Waals surface area contributed by atoms with Gasteiger partial charge in [-0.1, -0.05) is 0 Å². The molecule has 0 amide bonds. The van der Waals surface area contributed by atoms with Gasteiger partial charge in [0.15, 0.2) is 5.78 Å². The normalized spacial score (nSPS) is 26.7. The van der Waals surface area contributed by atoms with E-state index < -0.39 is 4.92 Å². The van der Waals surface area contributed by atoms with Crippen LogP contribution in [-0.4, -0.2) is 39.7 Å². The van der Waals surface area contributed by atoms with E-state index in [9.17, 15) is 14.9 Å². The molecule has 1 saturated carbocycles. The Bertz CT molecular complexity index is 497. The summed E-state index contributed by atoms with van der Waals surface area (Å²) in [5, 5.41) is 10.5. The number of nitrogens with zero attached hydrogens (tertiary/aromatic N) is 2. The topological polar surface area (TPSA) is 79.2 Å². The van der Waals surface area contributed by atoms with Gasteiger partial charge >= 0.3 is 0 Å². The number of rotatable bonds is 4. The van der Waals surface area contributed by atoms with Crippen LogP contribution in [0.5, 0.6) is 0 Å². The summed E-state index contributed by atoms with van der Waals surface area (Å²) in [6.45, 7) is 1.37. The molecule has 1 saturated heterocycles. The Morgan fingerprint density at radius 1 is 1.56 bits per heavy atom. The number of carbonyl (C=O) groups is 1. The summed E-state index contributed by atoms with van der Waals surface area (Å²) < 4.78 is 0. The first-order chi connectivity index (χ1) is 8.63. The second-order valence-corrected chi connectivity index (χ2v) is 5.21. The lowest BCUT2D eigenvalue weighted by Crippen LogP contribution is -2.36. The highest BCUT2D eigenvalue weighted by Gasteiger charge is 2.38. The molecular weight excluding hydrogens is 234 g/mol. The summed E-state index contributed by atoms with van der Waals surface area (Å²) in [5.74, 6) is 0.691. The van der Waals surface area contributed by atoms with E-state index in [0.29, 0.717) is 18.3 Å². The van der Waals surface area contributed by atoms with E-state index in [1.54, 1.807) is 0 Å². The Labute approximate surface area is 104 Å². The van der Waals surface area contributed by atoms with Gasteiger partial charge in [-0.25, -0.2) is 0 Å². The van der Waals surface area contributed by atoms with Crippen molar-refractivity contribution in [2.24, 2.45) is 5.92 Å². The number of carbonyl (C=O) groups excluding carboxylic acids is 1. The molecule has 2 aliphatic rings. The molecule has 0 aromatic carbocycles. The minimum absolute atomic E-state index is 0.0544. The fourth-order valence-electron chi connectivity index (χ4n) is 3.14. The number of hydrogen-bond donors (Lipinski definition) is 1. The standard InChI is InChI=1S/C12H15N3O3/c16-12(11-4-10(5-13-11)15(17)18)7-14-6-8-1-2-9(14)3-8/h4-5,8-9,13H,1-3,6-7H2. The van der Waals surface area contributed by atoms with E-state index in [1.165, 1.54) is 31.5 Å². The van der Waals surface area contributed by atoms with Crippen LogP contribution in [0.15, 0.2) is 12.3 Å². The first-order valence-corrected chi connectivity index (χ1v) is 6.23. The lowest BCUT2D eigenvalue weighted by Gasteiger charge is -2.25. The second kappa shape index (κ2) is 4.20. The molecule has 2 unspecified atom stereocenters. The Balaban J connectivity index is 1.65. The average molecular weight is 249 g/mol. The minimum atomic E-state index is -0.495. The highest BCUT2D eigenvalue weighted by molar-refractivity contribution is 5.96. The van der Waals surface area contributed by atoms with Crippen molar-refractivity contribution in [2.45, 2.75) is 25.3 Å². The van der Waals surface area contributed by atoms with Gasteiger partial charge < -0.3 is 4.98 Å². The Kier molecular flexibility index (Phi) is 2.66. The van der Waals surface area contributed by atoms with Gasteiger partial charge in [-0.2, -0.15) is 0 Å². The predicted octanol–water partition coefficient (Wildman–Crippen LogP) is 1.59. The number of nitro groups is 1. The number of likely N-dealkylation sites (tertiary alicyclic amines) is 1. The zero-order valence-corrected chi connectivity index (χ0v) is 9.96. The van der Waals surface area contributed by atoms with E-state index in [4.69, 9.17) is 0 Å². The van der Waals surface area contributed by atoms with Crippen molar-refractivity contribution in [1.82, 2.24) is 9.88 Å². The summed E-state index contributed by atoms with van der Waals surface area (Å²) in [6.07, 6.45) is 4.94. The Morgan fingerprint density at radius 2 is 2.39 bits per heavy atom. The number of nitrogens with one attached hydrogen (secondary N) is 1. The molecule has 2 bridgehead atoms. The van der Waals surface area contributed by atoms with Crippen LogP contribution in [-0.2, 0) is 0 Å². The van der Waals surface area contributed by atoms with Crippen molar-refractivity contribution in [3.05, 3.63) is 28.1 Å². The summed E-state index contributed by atoms with van der Waals surface area (Å²) in [6, 6.07) is 1.86. The zero-order valence-electron chi connectivity index (χ0n) is 9.96. The zero-order chi connectivity index (χ0) is 12.7. The van der Waals surface area contributed by atoms with Gasteiger partial charge in [-0.15, -0.1) is 0 Å². The lowest BCUT2D eigenvalue weighted by atomic mass is 10.1. The van der Waals surface area contributed by atoms with Crippen molar-refractivity contribution in [3.8, 4) is 0 Å². The molecule has 1 aliphatic carbocycles. The largest absolute Gasteiger partial charge is 0.353 e. The average Bonchev–Trinajstić information content (AvgIpc) is 3.04. The van der Waals surface area contributed by atoms with Crippen molar-refractivity contribution in [3.63, 3.8) is 0 Å².